The number of hydrogen-bond donors (Lipinski definition) is 2. The summed E-state index contributed by atoms with van der Waals surface area (Å²) in [6.45, 7) is 2.27. The van der Waals surface area contributed by atoms with Crippen LogP contribution in [-0.4, -0.2) is 21.3 Å². The van der Waals surface area contributed by atoms with Crippen LogP contribution < -0.4 is 0 Å². The van der Waals surface area contributed by atoms with Crippen molar-refractivity contribution in [3.05, 3.63) is 46.5 Å². The van der Waals surface area contributed by atoms with Crippen LogP contribution in [0.4, 0.5) is 0 Å². The van der Waals surface area contributed by atoms with Gasteiger partial charge in [0, 0.05) is 18.5 Å². The lowest BCUT2D eigenvalue weighted by atomic mass is 10.2. The van der Waals surface area contributed by atoms with Gasteiger partial charge in [0.05, 0.1) is 5.69 Å². The minimum absolute atomic E-state index is 0.205. The molecular formula is C13H16N2OS. The number of imidazole rings is 1. The van der Waals surface area contributed by atoms with Crippen LogP contribution in [0.5, 0.6) is 0 Å². The van der Waals surface area contributed by atoms with E-state index >= 15 is 0 Å². The van der Waals surface area contributed by atoms with Gasteiger partial charge < -0.3 is 10.1 Å². The summed E-state index contributed by atoms with van der Waals surface area (Å²) in [5, 5.41) is 8.82. The van der Waals surface area contributed by atoms with Gasteiger partial charge in [-0.1, -0.05) is 18.2 Å². The molecule has 0 spiro atoms. The Morgan fingerprint density at radius 2 is 2.12 bits per heavy atom. The van der Waals surface area contributed by atoms with Crippen molar-refractivity contribution in [3.8, 4) is 5.69 Å². The smallest absolute Gasteiger partial charge is 0.182 e. The fourth-order valence-electron chi connectivity index (χ4n) is 1.85. The van der Waals surface area contributed by atoms with E-state index < -0.39 is 0 Å². The van der Waals surface area contributed by atoms with Gasteiger partial charge in [-0.3, -0.25) is 4.57 Å². The van der Waals surface area contributed by atoms with E-state index in [9.17, 15) is 0 Å². The van der Waals surface area contributed by atoms with Gasteiger partial charge >= 0.3 is 0 Å². The number of nitrogens with one attached hydrogen (secondary N) is 1. The Morgan fingerprint density at radius 1 is 1.35 bits per heavy atom. The van der Waals surface area contributed by atoms with Gasteiger partial charge in [0.25, 0.3) is 0 Å². The van der Waals surface area contributed by atoms with Crippen molar-refractivity contribution < 1.29 is 5.11 Å². The number of aliphatic hydroxyl groups excluding tert-OH is 1. The van der Waals surface area contributed by atoms with Crippen molar-refractivity contribution >= 4 is 12.2 Å². The molecule has 90 valence electrons. The Morgan fingerprint density at radius 3 is 2.82 bits per heavy atom. The van der Waals surface area contributed by atoms with Crippen LogP contribution in [0, 0.1) is 11.7 Å². The second-order valence-electron chi connectivity index (χ2n) is 4.07. The summed E-state index contributed by atoms with van der Waals surface area (Å²) in [6, 6.07) is 8.14. The van der Waals surface area contributed by atoms with E-state index in [1.165, 1.54) is 5.56 Å². The maximum absolute atomic E-state index is 8.82. The summed E-state index contributed by atoms with van der Waals surface area (Å²) in [5.41, 5.74) is 3.35. The first-order chi connectivity index (χ1) is 8.22. The van der Waals surface area contributed by atoms with E-state index in [0.717, 1.165) is 24.2 Å². The van der Waals surface area contributed by atoms with Gasteiger partial charge in [-0.05, 0) is 43.6 Å². The highest BCUT2D eigenvalue weighted by Crippen LogP contribution is 2.15. The summed E-state index contributed by atoms with van der Waals surface area (Å²) < 4.78 is 2.68. The first-order valence-electron chi connectivity index (χ1n) is 5.70. The van der Waals surface area contributed by atoms with Gasteiger partial charge in [0.2, 0.25) is 0 Å². The van der Waals surface area contributed by atoms with Crippen LogP contribution in [0.15, 0.2) is 30.5 Å². The molecule has 0 radical (unpaired) electrons. The molecule has 0 fully saturated rings. The molecular weight excluding hydrogens is 232 g/mol. The number of para-hydroxylation sites is 1. The Kier molecular flexibility index (Phi) is 3.76. The van der Waals surface area contributed by atoms with Crippen molar-refractivity contribution in [2.75, 3.05) is 6.61 Å². The molecule has 1 aromatic carbocycles. The lowest BCUT2D eigenvalue weighted by Crippen LogP contribution is -1.94. The fraction of sp³-hybridized carbons (Fsp3) is 0.308. The van der Waals surface area contributed by atoms with E-state index in [1.807, 2.05) is 22.9 Å². The summed E-state index contributed by atoms with van der Waals surface area (Å²) in [6.07, 6.45) is 3.59. The molecule has 0 aliphatic heterocycles. The van der Waals surface area contributed by atoms with Crippen molar-refractivity contribution in [3.63, 3.8) is 0 Å². The number of benzene rings is 1. The van der Waals surface area contributed by atoms with Crippen LogP contribution in [0.1, 0.15) is 17.7 Å². The number of H-pyrrole nitrogens is 1. The minimum atomic E-state index is 0.205. The van der Waals surface area contributed by atoms with E-state index in [0.29, 0.717) is 4.77 Å². The molecule has 1 aromatic heterocycles. The zero-order valence-electron chi connectivity index (χ0n) is 9.81. The Balaban J connectivity index is 2.37. The summed E-state index contributed by atoms with van der Waals surface area (Å²) in [7, 11) is 0. The third-order valence-electron chi connectivity index (χ3n) is 2.75. The summed E-state index contributed by atoms with van der Waals surface area (Å²) >= 11 is 5.31. The molecule has 0 bridgehead atoms. The number of aryl methyl sites for hydroxylation is 2. The Hall–Kier alpha value is -1.39. The number of hydrogen-bond acceptors (Lipinski definition) is 2. The lowest BCUT2D eigenvalue weighted by molar-refractivity contribution is 0.288. The molecule has 17 heavy (non-hydrogen) atoms. The van der Waals surface area contributed by atoms with E-state index in [4.69, 9.17) is 17.3 Å². The third-order valence-corrected chi connectivity index (χ3v) is 3.05. The second kappa shape index (κ2) is 5.29. The molecule has 0 amide bonds. The summed E-state index contributed by atoms with van der Waals surface area (Å²) in [4.78, 5) is 3.17. The molecule has 3 nitrogen and oxygen atoms in total. The molecule has 0 unspecified atom stereocenters. The number of aromatic nitrogens is 2. The second-order valence-corrected chi connectivity index (χ2v) is 4.45. The molecule has 0 aliphatic rings. The van der Waals surface area contributed by atoms with E-state index in [-0.39, 0.29) is 6.61 Å². The van der Waals surface area contributed by atoms with Crippen LogP contribution in [0.25, 0.3) is 5.69 Å². The molecule has 0 saturated carbocycles. The van der Waals surface area contributed by atoms with Crippen LogP contribution in [-0.2, 0) is 6.42 Å². The standard InChI is InChI=1S/C13H16N2OS/c1-10-5-2-3-7-12(10)15-9-11(6-4-8-16)14-13(15)17/h2-3,5,7,9,16H,4,6,8H2,1H3,(H,14,17). The SMILES string of the molecule is Cc1ccccc1-n1cc(CCCO)[nH]c1=S. The Labute approximate surface area is 106 Å². The van der Waals surface area contributed by atoms with Gasteiger partial charge in [0.1, 0.15) is 0 Å². The van der Waals surface area contributed by atoms with Crippen molar-refractivity contribution in [1.29, 1.82) is 0 Å². The van der Waals surface area contributed by atoms with Crippen LogP contribution in [0.3, 0.4) is 0 Å². The van der Waals surface area contributed by atoms with E-state index in [1.54, 1.807) is 0 Å². The highest BCUT2D eigenvalue weighted by Gasteiger charge is 2.04. The highest BCUT2D eigenvalue weighted by molar-refractivity contribution is 7.71. The molecule has 0 saturated heterocycles. The van der Waals surface area contributed by atoms with Gasteiger partial charge in [0.15, 0.2) is 4.77 Å². The number of aliphatic hydroxyl groups is 1. The van der Waals surface area contributed by atoms with Gasteiger partial charge in [-0.25, -0.2) is 0 Å². The van der Waals surface area contributed by atoms with Gasteiger partial charge in [-0.15, -0.1) is 0 Å². The zero-order valence-corrected chi connectivity index (χ0v) is 10.6. The maximum atomic E-state index is 8.82. The van der Waals surface area contributed by atoms with Crippen molar-refractivity contribution in [2.24, 2.45) is 0 Å². The molecule has 2 aromatic rings. The van der Waals surface area contributed by atoms with Crippen molar-refractivity contribution in [2.45, 2.75) is 19.8 Å². The molecule has 0 aliphatic carbocycles. The molecule has 1 heterocycles. The van der Waals surface area contributed by atoms with Crippen molar-refractivity contribution in [1.82, 2.24) is 9.55 Å². The summed E-state index contributed by atoms with van der Waals surface area (Å²) in [5.74, 6) is 0. The third kappa shape index (κ3) is 2.65. The largest absolute Gasteiger partial charge is 0.396 e. The predicted molar refractivity (Wildman–Crippen MR) is 71.1 cm³/mol. The lowest BCUT2D eigenvalue weighted by Gasteiger charge is -2.05. The topological polar surface area (TPSA) is 41.0 Å². The average Bonchev–Trinajstić information content (AvgIpc) is 2.68. The molecule has 2 N–H and O–H groups in total. The first kappa shape index (κ1) is 12.1. The van der Waals surface area contributed by atoms with E-state index in [2.05, 4.69) is 24.0 Å². The quantitative estimate of drug-likeness (QED) is 0.817. The first-order valence-corrected chi connectivity index (χ1v) is 6.10. The number of aromatic amines is 1. The minimum Gasteiger partial charge on any atom is -0.396 e. The monoisotopic (exact) mass is 248 g/mol. The van der Waals surface area contributed by atoms with Gasteiger partial charge in [-0.2, -0.15) is 0 Å². The average molecular weight is 248 g/mol. The zero-order chi connectivity index (χ0) is 12.3. The van der Waals surface area contributed by atoms with Crippen LogP contribution in [0.2, 0.25) is 0 Å². The highest BCUT2D eigenvalue weighted by atomic mass is 32.1. The normalized spacial score (nSPS) is 10.7. The number of rotatable bonds is 4. The number of nitrogens with zero attached hydrogens (tertiary/aromatic N) is 1. The van der Waals surface area contributed by atoms with Crippen LogP contribution >= 0.6 is 12.2 Å². The Bertz CT molecular complexity index is 557. The predicted octanol–water partition coefficient (Wildman–Crippen LogP) is 2.77. The molecule has 4 heteroatoms. The maximum Gasteiger partial charge on any atom is 0.182 e. The fourth-order valence-corrected chi connectivity index (χ4v) is 2.14. The molecule has 0 atom stereocenters. The molecule has 2 rings (SSSR count).